The van der Waals surface area contributed by atoms with Crippen LogP contribution in [0.3, 0.4) is 0 Å². The van der Waals surface area contributed by atoms with E-state index in [4.69, 9.17) is 15.2 Å². The van der Waals surface area contributed by atoms with E-state index < -0.39 is 6.04 Å². The molecule has 0 heterocycles. The van der Waals surface area contributed by atoms with Gasteiger partial charge in [-0.05, 0) is 17.5 Å². The molecule has 18 heavy (non-hydrogen) atoms. The Morgan fingerprint density at radius 1 is 1.22 bits per heavy atom. The number of ether oxygens (including phenoxy) is 2. The van der Waals surface area contributed by atoms with Gasteiger partial charge in [0.2, 0.25) is 0 Å². The molecule has 100 valence electrons. The highest BCUT2D eigenvalue weighted by Crippen LogP contribution is 2.18. The molecule has 0 fully saturated rings. The lowest BCUT2D eigenvalue weighted by Gasteiger charge is -2.24. The highest BCUT2D eigenvalue weighted by molar-refractivity contribution is 5.76. The Morgan fingerprint density at radius 2 is 1.83 bits per heavy atom. The number of hydrogen-bond acceptors (Lipinski definition) is 4. The van der Waals surface area contributed by atoms with Crippen LogP contribution in [0.1, 0.15) is 20.8 Å². The Kier molecular flexibility index (Phi) is 5.16. The zero-order valence-electron chi connectivity index (χ0n) is 11.2. The van der Waals surface area contributed by atoms with Crippen LogP contribution >= 0.6 is 0 Å². The highest BCUT2D eigenvalue weighted by atomic mass is 16.6. The van der Waals surface area contributed by atoms with Gasteiger partial charge in [-0.3, -0.25) is 4.79 Å². The Bertz CT molecular complexity index is 370. The average molecular weight is 251 g/mol. The van der Waals surface area contributed by atoms with Crippen molar-refractivity contribution in [2.75, 3.05) is 13.2 Å². The average Bonchev–Trinajstić information content (AvgIpc) is 2.33. The smallest absolute Gasteiger partial charge is 0.323 e. The summed E-state index contributed by atoms with van der Waals surface area (Å²) in [5.74, 6) is 0.368. The molecule has 1 rings (SSSR count). The molecular formula is C14H21NO3. The zero-order valence-corrected chi connectivity index (χ0v) is 11.2. The third-order valence-electron chi connectivity index (χ3n) is 2.53. The Labute approximate surface area is 108 Å². The van der Waals surface area contributed by atoms with Gasteiger partial charge >= 0.3 is 5.97 Å². The van der Waals surface area contributed by atoms with E-state index in [1.165, 1.54) is 0 Å². The molecule has 0 aliphatic heterocycles. The van der Waals surface area contributed by atoms with Gasteiger partial charge in [-0.15, -0.1) is 0 Å². The van der Waals surface area contributed by atoms with E-state index in [2.05, 4.69) is 0 Å². The number of nitrogens with two attached hydrogens (primary N) is 1. The number of benzene rings is 1. The van der Waals surface area contributed by atoms with Gasteiger partial charge in [0.05, 0.1) is 0 Å². The van der Waals surface area contributed by atoms with Crippen molar-refractivity contribution in [3.8, 4) is 5.75 Å². The van der Waals surface area contributed by atoms with Gasteiger partial charge in [0.25, 0.3) is 0 Å². The van der Waals surface area contributed by atoms with Gasteiger partial charge in [-0.25, -0.2) is 0 Å². The second-order valence-electron chi connectivity index (χ2n) is 5.17. The number of carbonyl (C=O) groups is 1. The molecule has 0 aliphatic rings. The molecule has 0 radical (unpaired) electrons. The fourth-order valence-corrected chi connectivity index (χ4v) is 1.26. The van der Waals surface area contributed by atoms with Crippen molar-refractivity contribution < 1.29 is 14.3 Å². The molecule has 0 bridgehead atoms. The predicted octanol–water partition coefficient (Wildman–Crippen LogP) is 1.98. The van der Waals surface area contributed by atoms with Crippen molar-refractivity contribution in [3.05, 3.63) is 30.3 Å². The molecule has 4 nitrogen and oxygen atoms in total. The molecule has 1 aromatic rings. The van der Waals surface area contributed by atoms with Crippen LogP contribution in [0.4, 0.5) is 0 Å². The Morgan fingerprint density at radius 3 is 2.39 bits per heavy atom. The van der Waals surface area contributed by atoms with Crippen LogP contribution < -0.4 is 10.5 Å². The van der Waals surface area contributed by atoms with Crippen LogP contribution in [0.5, 0.6) is 5.75 Å². The third-order valence-corrected chi connectivity index (χ3v) is 2.53. The van der Waals surface area contributed by atoms with E-state index >= 15 is 0 Å². The summed E-state index contributed by atoms with van der Waals surface area (Å²) in [6, 6.07) is 8.77. The monoisotopic (exact) mass is 251 g/mol. The van der Waals surface area contributed by atoms with E-state index in [9.17, 15) is 4.79 Å². The van der Waals surface area contributed by atoms with Crippen molar-refractivity contribution in [2.24, 2.45) is 11.1 Å². The first-order valence-electron chi connectivity index (χ1n) is 6.01. The maximum Gasteiger partial charge on any atom is 0.323 e. The van der Waals surface area contributed by atoms with Crippen molar-refractivity contribution >= 4 is 5.97 Å². The lowest BCUT2D eigenvalue weighted by molar-refractivity contribution is -0.148. The van der Waals surface area contributed by atoms with Crippen molar-refractivity contribution in [1.82, 2.24) is 0 Å². The summed E-state index contributed by atoms with van der Waals surface area (Å²) in [5, 5.41) is 0. The molecule has 1 unspecified atom stereocenters. The van der Waals surface area contributed by atoms with Gasteiger partial charge in [0.15, 0.2) is 0 Å². The molecule has 0 aromatic heterocycles. The van der Waals surface area contributed by atoms with Gasteiger partial charge < -0.3 is 15.2 Å². The van der Waals surface area contributed by atoms with Gasteiger partial charge in [0.1, 0.15) is 25.0 Å². The molecule has 0 saturated carbocycles. The molecule has 1 atom stereocenters. The van der Waals surface area contributed by atoms with Crippen LogP contribution in [0, 0.1) is 5.41 Å². The second kappa shape index (κ2) is 6.40. The fraction of sp³-hybridized carbons (Fsp3) is 0.500. The fourth-order valence-electron chi connectivity index (χ4n) is 1.26. The highest BCUT2D eigenvalue weighted by Gasteiger charge is 2.28. The number of esters is 1. The Hall–Kier alpha value is -1.55. The minimum atomic E-state index is -0.616. The number of carbonyl (C=O) groups excluding carboxylic acids is 1. The number of para-hydroxylation sites is 1. The van der Waals surface area contributed by atoms with E-state index in [1.54, 1.807) is 0 Å². The first kappa shape index (κ1) is 14.5. The summed E-state index contributed by atoms with van der Waals surface area (Å²) < 4.78 is 10.5. The van der Waals surface area contributed by atoms with Crippen LogP contribution in [0.25, 0.3) is 0 Å². The topological polar surface area (TPSA) is 61.6 Å². The molecular weight excluding hydrogens is 230 g/mol. The minimum Gasteiger partial charge on any atom is -0.490 e. The molecule has 0 amide bonds. The van der Waals surface area contributed by atoms with Crippen LogP contribution in [0.2, 0.25) is 0 Å². The molecule has 0 aliphatic carbocycles. The van der Waals surface area contributed by atoms with Gasteiger partial charge in [-0.1, -0.05) is 39.0 Å². The predicted molar refractivity (Wildman–Crippen MR) is 70.3 cm³/mol. The number of rotatable bonds is 5. The van der Waals surface area contributed by atoms with Crippen LogP contribution in [-0.4, -0.2) is 25.2 Å². The van der Waals surface area contributed by atoms with Crippen molar-refractivity contribution in [2.45, 2.75) is 26.8 Å². The lowest BCUT2D eigenvalue weighted by atomic mass is 9.87. The van der Waals surface area contributed by atoms with Crippen LogP contribution in [-0.2, 0) is 9.53 Å². The molecule has 2 N–H and O–H groups in total. The minimum absolute atomic E-state index is 0.206. The van der Waals surface area contributed by atoms with Gasteiger partial charge in [-0.2, -0.15) is 0 Å². The summed E-state index contributed by atoms with van der Waals surface area (Å²) >= 11 is 0. The molecule has 0 spiro atoms. The van der Waals surface area contributed by atoms with Gasteiger partial charge in [0, 0.05) is 0 Å². The van der Waals surface area contributed by atoms with Crippen molar-refractivity contribution in [1.29, 1.82) is 0 Å². The normalized spacial score (nSPS) is 12.9. The summed E-state index contributed by atoms with van der Waals surface area (Å²) in [6.07, 6.45) is 0. The summed E-state index contributed by atoms with van der Waals surface area (Å²) in [7, 11) is 0. The van der Waals surface area contributed by atoms with E-state index in [0.29, 0.717) is 6.61 Å². The molecule has 0 saturated heterocycles. The first-order chi connectivity index (χ1) is 8.41. The van der Waals surface area contributed by atoms with E-state index in [-0.39, 0.29) is 18.0 Å². The quantitative estimate of drug-likeness (QED) is 0.642. The summed E-state index contributed by atoms with van der Waals surface area (Å²) in [6.45, 7) is 6.24. The first-order valence-corrected chi connectivity index (χ1v) is 6.01. The zero-order chi connectivity index (χ0) is 13.6. The second-order valence-corrected chi connectivity index (χ2v) is 5.17. The number of hydrogen-bond donors (Lipinski definition) is 1. The largest absolute Gasteiger partial charge is 0.490 e. The maximum absolute atomic E-state index is 11.6. The molecule has 4 heteroatoms. The van der Waals surface area contributed by atoms with Crippen molar-refractivity contribution in [3.63, 3.8) is 0 Å². The summed E-state index contributed by atoms with van der Waals surface area (Å²) in [4.78, 5) is 11.6. The standard InChI is InChI=1S/C14H21NO3/c1-14(2,3)12(15)13(16)18-10-9-17-11-7-5-4-6-8-11/h4-8,12H,9-10,15H2,1-3H3. The Balaban J connectivity index is 2.24. The van der Waals surface area contributed by atoms with E-state index in [1.807, 2.05) is 51.1 Å². The third kappa shape index (κ3) is 4.75. The maximum atomic E-state index is 11.6. The SMILES string of the molecule is CC(C)(C)C(N)C(=O)OCCOc1ccccc1. The van der Waals surface area contributed by atoms with E-state index in [0.717, 1.165) is 5.75 Å². The molecule has 1 aromatic carbocycles. The van der Waals surface area contributed by atoms with Crippen LogP contribution in [0.15, 0.2) is 30.3 Å². The summed E-state index contributed by atoms with van der Waals surface area (Å²) in [5.41, 5.74) is 5.48. The lowest BCUT2D eigenvalue weighted by Crippen LogP contribution is -2.43.